The molecule has 1 amide bonds. The number of hydrogen-bond acceptors (Lipinski definition) is 6. The number of aromatic nitrogens is 2. The molecule has 0 bridgehead atoms. The van der Waals surface area contributed by atoms with E-state index in [0.717, 1.165) is 37.2 Å². The van der Waals surface area contributed by atoms with Crippen molar-refractivity contribution in [3.63, 3.8) is 0 Å². The number of methoxy groups -OCH3 is 1. The molecule has 1 aromatic heterocycles. The number of carbonyl (C=O) groups is 1. The van der Waals surface area contributed by atoms with Crippen molar-refractivity contribution in [3.8, 4) is 11.5 Å². The first-order valence-electron chi connectivity index (χ1n) is 9.40. The number of ether oxygens (including phenoxy) is 2. The second kappa shape index (κ2) is 9.75. The van der Waals surface area contributed by atoms with Crippen LogP contribution in [0.15, 0.2) is 36.4 Å². The molecule has 3 rings (SSSR count). The van der Waals surface area contributed by atoms with Crippen LogP contribution >= 0.6 is 0 Å². The Bertz CT molecular complexity index is 713. The van der Waals surface area contributed by atoms with Gasteiger partial charge in [0.1, 0.15) is 23.9 Å². The third-order valence-corrected chi connectivity index (χ3v) is 4.63. The van der Waals surface area contributed by atoms with Crippen LogP contribution in [0, 0.1) is 5.92 Å². The molecule has 1 saturated carbocycles. The molecule has 0 aliphatic heterocycles. The summed E-state index contributed by atoms with van der Waals surface area (Å²) < 4.78 is 10.8. The summed E-state index contributed by atoms with van der Waals surface area (Å²) in [7, 11) is 1.63. The van der Waals surface area contributed by atoms with E-state index in [2.05, 4.69) is 20.8 Å². The maximum atomic E-state index is 12.2. The molecule has 1 aliphatic rings. The number of benzene rings is 1. The van der Waals surface area contributed by atoms with Gasteiger partial charge in [0.2, 0.25) is 5.91 Å². The van der Waals surface area contributed by atoms with Crippen molar-refractivity contribution in [2.75, 3.05) is 30.9 Å². The summed E-state index contributed by atoms with van der Waals surface area (Å²) in [4.78, 5) is 12.2. The molecule has 7 heteroatoms. The standard InChI is InChI=1S/C20H26N4O3/c1-26-16-7-9-17(10-8-16)27-14-13-21-18-11-12-19(24-23-18)22-20(25)15-5-3-2-4-6-15/h7-12,15H,2-6,13-14H2,1H3,(H,21,23)(H,22,24,25). The lowest BCUT2D eigenvalue weighted by Gasteiger charge is -2.20. The van der Waals surface area contributed by atoms with Crippen LogP contribution in [0.1, 0.15) is 32.1 Å². The number of carbonyl (C=O) groups excluding carboxylic acids is 1. The van der Waals surface area contributed by atoms with Crippen LogP contribution in [0.2, 0.25) is 0 Å². The van der Waals surface area contributed by atoms with Gasteiger partial charge >= 0.3 is 0 Å². The monoisotopic (exact) mass is 370 g/mol. The Morgan fingerprint density at radius 2 is 1.67 bits per heavy atom. The summed E-state index contributed by atoms with van der Waals surface area (Å²) in [5, 5.41) is 14.2. The zero-order valence-corrected chi connectivity index (χ0v) is 15.6. The molecule has 2 N–H and O–H groups in total. The van der Waals surface area contributed by atoms with Crippen molar-refractivity contribution in [3.05, 3.63) is 36.4 Å². The fourth-order valence-corrected chi connectivity index (χ4v) is 3.11. The predicted octanol–water partition coefficient (Wildman–Crippen LogP) is 3.49. The van der Waals surface area contributed by atoms with Gasteiger partial charge in [-0.15, -0.1) is 10.2 Å². The summed E-state index contributed by atoms with van der Waals surface area (Å²) >= 11 is 0. The molecule has 0 atom stereocenters. The first-order valence-corrected chi connectivity index (χ1v) is 9.40. The number of nitrogens with one attached hydrogen (secondary N) is 2. The van der Waals surface area contributed by atoms with Crippen molar-refractivity contribution < 1.29 is 14.3 Å². The fourth-order valence-electron chi connectivity index (χ4n) is 3.11. The van der Waals surface area contributed by atoms with Crippen LogP contribution < -0.4 is 20.1 Å². The Hall–Kier alpha value is -2.83. The van der Waals surface area contributed by atoms with Crippen molar-refractivity contribution in [1.29, 1.82) is 0 Å². The minimum Gasteiger partial charge on any atom is -0.497 e. The van der Waals surface area contributed by atoms with Crippen molar-refractivity contribution in [2.24, 2.45) is 5.92 Å². The Balaban J connectivity index is 1.38. The molecule has 0 saturated heterocycles. The molecule has 1 aromatic carbocycles. The molecule has 1 heterocycles. The molecule has 7 nitrogen and oxygen atoms in total. The third kappa shape index (κ3) is 5.84. The topological polar surface area (TPSA) is 85.4 Å². The van der Waals surface area contributed by atoms with E-state index in [9.17, 15) is 4.79 Å². The highest BCUT2D eigenvalue weighted by Crippen LogP contribution is 2.24. The average Bonchev–Trinajstić information content (AvgIpc) is 2.73. The van der Waals surface area contributed by atoms with Crippen LogP contribution in [0.25, 0.3) is 0 Å². The van der Waals surface area contributed by atoms with Gasteiger partial charge in [-0.2, -0.15) is 0 Å². The summed E-state index contributed by atoms with van der Waals surface area (Å²) in [5.41, 5.74) is 0. The summed E-state index contributed by atoms with van der Waals surface area (Å²) in [6.07, 6.45) is 5.42. The van der Waals surface area contributed by atoms with Crippen molar-refractivity contribution >= 4 is 17.5 Å². The van der Waals surface area contributed by atoms with Crippen LogP contribution in [0.3, 0.4) is 0 Å². The highest BCUT2D eigenvalue weighted by molar-refractivity contribution is 5.91. The Morgan fingerprint density at radius 3 is 2.33 bits per heavy atom. The first-order chi connectivity index (χ1) is 13.2. The van der Waals surface area contributed by atoms with E-state index >= 15 is 0 Å². The van der Waals surface area contributed by atoms with Gasteiger partial charge in [-0.05, 0) is 49.2 Å². The van der Waals surface area contributed by atoms with Crippen molar-refractivity contribution in [2.45, 2.75) is 32.1 Å². The Morgan fingerprint density at radius 1 is 1.00 bits per heavy atom. The lowest BCUT2D eigenvalue weighted by molar-refractivity contribution is -0.120. The summed E-state index contributed by atoms with van der Waals surface area (Å²) in [6, 6.07) is 11.0. The van der Waals surface area contributed by atoms with Crippen molar-refractivity contribution in [1.82, 2.24) is 10.2 Å². The highest BCUT2D eigenvalue weighted by Gasteiger charge is 2.21. The second-order valence-electron chi connectivity index (χ2n) is 6.58. The van der Waals surface area contributed by atoms with Gasteiger partial charge in [-0.3, -0.25) is 4.79 Å². The Labute approximate surface area is 159 Å². The number of amides is 1. The van der Waals surface area contributed by atoms with Gasteiger partial charge in [0.15, 0.2) is 5.82 Å². The maximum absolute atomic E-state index is 12.2. The quantitative estimate of drug-likeness (QED) is 0.692. The van der Waals surface area contributed by atoms with E-state index in [1.165, 1.54) is 6.42 Å². The largest absolute Gasteiger partial charge is 0.497 e. The van der Waals surface area contributed by atoms with E-state index in [-0.39, 0.29) is 11.8 Å². The lowest BCUT2D eigenvalue weighted by atomic mass is 9.89. The van der Waals surface area contributed by atoms with Crippen LogP contribution in [0.5, 0.6) is 11.5 Å². The molecule has 1 aliphatic carbocycles. The van der Waals surface area contributed by atoms with E-state index < -0.39 is 0 Å². The third-order valence-electron chi connectivity index (χ3n) is 4.63. The average molecular weight is 370 g/mol. The lowest BCUT2D eigenvalue weighted by Crippen LogP contribution is -2.25. The van der Waals surface area contributed by atoms with Gasteiger partial charge in [-0.1, -0.05) is 19.3 Å². The molecule has 1 fully saturated rings. The Kier molecular flexibility index (Phi) is 6.84. The summed E-state index contributed by atoms with van der Waals surface area (Å²) in [6.45, 7) is 1.09. The minimum atomic E-state index is 0.0533. The smallest absolute Gasteiger partial charge is 0.228 e. The van der Waals surface area contributed by atoms with Gasteiger partial charge in [0.25, 0.3) is 0 Å². The van der Waals surface area contributed by atoms with Gasteiger partial charge in [0, 0.05) is 5.92 Å². The van der Waals surface area contributed by atoms with Crippen LogP contribution in [-0.2, 0) is 4.79 Å². The zero-order valence-electron chi connectivity index (χ0n) is 15.6. The number of anilines is 2. The maximum Gasteiger partial charge on any atom is 0.228 e. The number of nitrogens with zero attached hydrogens (tertiary/aromatic N) is 2. The second-order valence-corrected chi connectivity index (χ2v) is 6.58. The highest BCUT2D eigenvalue weighted by atomic mass is 16.5. The SMILES string of the molecule is COc1ccc(OCCNc2ccc(NC(=O)C3CCCCC3)nn2)cc1. The van der Waals surface area contributed by atoms with E-state index in [4.69, 9.17) is 9.47 Å². The normalized spacial score (nSPS) is 14.4. The molecule has 0 spiro atoms. The number of hydrogen-bond donors (Lipinski definition) is 2. The molecule has 144 valence electrons. The molecular formula is C20H26N4O3. The zero-order chi connectivity index (χ0) is 18.9. The molecule has 0 radical (unpaired) electrons. The van der Waals surface area contributed by atoms with Gasteiger partial charge in [0.05, 0.1) is 13.7 Å². The van der Waals surface area contributed by atoms with Gasteiger partial charge in [-0.25, -0.2) is 0 Å². The minimum absolute atomic E-state index is 0.0533. The fraction of sp³-hybridized carbons (Fsp3) is 0.450. The molecular weight excluding hydrogens is 344 g/mol. The molecule has 0 unspecified atom stereocenters. The van der Waals surface area contributed by atoms with Crippen LogP contribution in [0.4, 0.5) is 11.6 Å². The van der Waals surface area contributed by atoms with Gasteiger partial charge < -0.3 is 20.1 Å². The van der Waals surface area contributed by atoms with E-state index in [1.54, 1.807) is 19.2 Å². The summed E-state index contributed by atoms with van der Waals surface area (Å²) in [5.74, 6) is 2.87. The number of rotatable bonds is 8. The predicted molar refractivity (Wildman–Crippen MR) is 104 cm³/mol. The molecule has 27 heavy (non-hydrogen) atoms. The first kappa shape index (κ1) is 18.9. The van der Waals surface area contributed by atoms with E-state index in [0.29, 0.717) is 24.8 Å². The van der Waals surface area contributed by atoms with Crippen LogP contribution in [-0.4, -0.2) is 36.4 Å². The van der Waals surface area contributed by atoms with E-state index in [1.807, 2.05) is 24.3 Å². The molecule has 2 aromatic rings.